The van der Waals surface area contributed by atoms with Crippen molar-refractivity contribution in [2.45, 2.75) is 50.8 Å². The molecule has 1 aliphatic heterocycles. The van der Waals surface area contributed by atoms with Crippen LogP contribution in [0.25, 0.3) is 0 Å². The van der Waals surface area contributed by atoms with Crippen molar-refractivity contribution in [3.63, 3.8) is 0 Å². The molecule has 0 aromatic heterocycles. The van der Waals surface area contributed by atoms with E-state index in [1.807, 2.05) is 135 Å². The van der Waals surface area contributed by atoms with Crippen molar-refractivity contribution in [3.05, 3.63) is 144 Å². The second-order valence-electron chi connectivity index (χ2n) is 11.5. The van der Waals surface area contributed by atoms with Gasteiger partial charge in [-0.3, -0.25) is 10.1 Å². The lowest BCUT2D eigenvalue weighted by molar-refractivity contribution is -0.147. The van der Waals surface area contributed by atoms with Crippen LogP contribution < -0.4 is 5.32 Å². The molecular formula is C37H42NO7PS. The van der Waals surface area contributed by atoms with Crippen molar-refractivity contribution >= 4 is 24.5 Å². The topological polar surface area (TPSA) is 84.5 Å². The van der Waals surface area contributed by atoms with Gasteiger partial charge in [-0.25, -0.2) is 0 Å². The Morgan fingerprint density at radius 2 is 1.36 bits per heavy atom. The first kappa shape index (κ1) is 35.1. The highest BCUT2D eigenvalue weighted by molar-refractivity contribution is 8.07. The van der Waals surface area contributed by atoms with E-state index in [1.165, 1.54) is 0 Å². The Kier molecular flexibility index (Phi) is 12.1. The van der Waals surface area contributed by atoms with Crippen molar-refractivity contribution in [1.82, 2.24) is 5.32 Å². The van der Waals surface area contributed by atoms with Gasteiger partial charge in [0.15, 0.2) is 5.79 Å². The molecule has 0 bridgehead atoms. The van der Waals surface area contributed by atoms with Gasteiger partial charge >= 0.3 is 12.7 Å². The number of carbonyl (C=O) groups is 1. The molecule has 10 heteroatoms. The summed E-state index contributed by atoms with van der Waals surface area (Å²) in [4.78, 5) is 13.7. The second-order valence-corrected chi connectivity index (χ2v) is 14.6. The molecule has 248 valence electrons. The van der Waals surface area contributed by atoms with Gasteiger partial charge in [0.2, 0.25) is 0 Å². The van der Waals surface area contributed by atoms with Crippen LogP contribution in [0.1, 0.15) is 43.0 Å². The summed E-state index contributed by atoms with van der Waals surface area (Å²) in [5, 5.41) is 3.67. The monoisotopic (exact) mass is 675 g/mol. The van der Waals surface area contributed by atoms with E-state index in [9.17, 15) is 4.79 Å². The number of hydrogen-bond acceptors (Lipinski definition) is 9. The minimum atomic E-state index is -3.42. The van der Waals surface area contributed by atoms with Crippen LogP contribution in [0.15, 0.2) is 121 Å². The molecule has 5 rings (SSSR count). The maximum atomic E-state index is 13.7. The maximum absolute atomic E-state index is 13.7. The normalized spacial score (nSPS) is 17.9. The molecule has 8 nitrogen and oxygen atoms in total. The number of hydrogen-bond donors (Lipinski definition) is 1. The van der Waals surface area contributed by atoms with Crippen LogP contribution in [0, 0.1) is 0 Å². The van der Waals surface area contributed by atoms with Gasteiger partial charge in [-0.05, 0) is 54.8 Å². The van der Waals surface area contributed by atoms with Crippen LogP contribution in [0.3, 0.4) is 0 Å². The predicted octanol–water partition coefficient (Wildman–Crippen LogP) is 7.13. The standard InChI is InChI=1S/C37H42NO7PS/c1-4-40-35(39)34(28-44-46(47,42-25-29-17-9-5-10-18-29)43-27-33-26-41-36(2,3)45-33)38-37(30-19-11-6-12-20-30,31-21-13-7-14-22-31)32-23-15-8-16-24-32/h5-24,33-34,38H,4,25-28H2,1-3H3. The van der Waals surface area contributed by atoms with Crippen LogP contribution in [-0.2, 0) is 56.5 Å². The lowest BCUT2D eigenvalue weighted by Gasteiger charge is -2.39. The largest absolute Gasteiger partial charge is 0.465 e. The molecule has 1 heterocycles. The molecule has 4 aromatic carbocycles. The molecular weight excluding hydrogens is 633 g/mol. The quantitative estimate of drug-likeness (QED) is 0.0758. The first-order valence-corrected chi connectivity index (χ1v) is 18.3. The minimum Gasteiger partial charge on any atom is -0.465 e. The zero-order chi connectivity index (χ0) is 33.2. The lowest BCUT2D eigenvalue weighted by atomic mass is 9.76. The highest BCUT2D eigenvalue weighted by Crippen LogP contribution is 2.51. The Balaban J connectivity index is 1.48. The smallest absolute Gasteiger partial charge is 0.327 e. The molecule has 0 aliphatic carbocycles. The van der Waals surface area contributed by atoms with Crippen LogP contribution in [0.5, 0.6) is 0 Å². The van der Waals surface area contributed by atoms with E-state index in [0.717, 1.165) is 22.3 Å². The van der Waals surface area contributed by atoms with E-state index >= 15 is 0 Å². The van der Waals surface area contributed by atoms with Crippen molar-refractivity contribution in [2.24, 2.45) is 0 Å². The molecule has 1 N–H and O–H groups in total. The number of benzene rings is 4. The summed E-state index contributed by atoms with van der Waals surface area (Å²) in [6.07, 6.45) is -0.350. The fraction of sp³-hybridized carbons (Fsp3) is 0.324. The molecule has 1 aliphatic rings. The number of rotatable bonds is 16. The number of carbonyl (C=O) groups excluding carboxylic acids is 1. The van der Waals surface area contributed by atoms with Gasteiger partial charge < -0.3 is 27.8 Å². The molecule has 47 heavy (non-hydrogen) atoms. The van der Waals surface area contributed by atoms with E-state index in [-0.39, 0.29) is 32.5 Å². The molecule has 0 saturated carbocycles. The summed E-state index contributed by atoms with van der Waals surface area (Å²) in [6, 6.07) is 38.7. The summed E-state index contributed by atoms with van der Waals surface area (Å²) >= 11 is 5.95. The van der Waals surface area contributed by atoms with E-state index in [0.29, 0.717) is 6.61 Å². The molecule has 1 fully saturated rings. The van der Waals surface area contributed by atoms with Gasteiger partial charge in [-0.15, -0.1) is 0 Å². The summed E-state index contributed by atoms with van der Waals surface area (Å²) in [5.74, 6) is -1.21. The summed E-state index contributed by atoms with van der Waals surface area (Å²) in [6.45, 7) is 2.69. The summed E-state index contributed by atoms with van der Waals surface area (Å²) in [5.41, 5.74) is 2.75. The summed E-state index contributed by atoms with van der Waals surface area (Å²) < 4.78 is 36.0. The van der Waals surface area contributed by atoms with Gasteiger partial charge in [0, 0.05) is 0 Å². The molecule has 0 spiro atoms. The zero-order valence-electron chi connectivity index (χ0n) is 27.0. The van der Waals surface area contributed by atoms with E-state index in [1.54, 1.807) is 6.92 Å². The first-order chi connectivity index (χ1) is 22.7. The number of esters is 1. The third-order valence-corrected chi connectivity index (χ3v) is 10.0. The third-order valence-electron chi connectivity index (χ3n) is 7.70. The molecule has 0 amide bonds. The van der Waals surface area contributed by atoms with E-state index < -0.39 is 30.1 Å². The van der Waals surface area contributed by atoms with Crippen LogP contribution >= 0.6 is 6.72 Å². The molecule has 4 aromatic rings. The highest BCUT2D eigenvalue weighted by atomic mass is 32.5. The SMILES string of the molecule is CCOC(=O)C(COP(=S)(OCc1ccccc1)OCC1COC(C)(C)O1)NC(c1ccccc1)(c1ccccc1)c1ccccc1. The Morgan fingerprint density at radius 3 is 1.83 bits per heavy atom. The molecule has 3 unspecified atom stereocenters. The van der Waals surface area contributed by atoms with Crippen molar-refractivity contribution in [1.29, 1.82) is 0 Å². The molecule has 1 saturated heterocycles. The number of nitrogens with one attached hydrogen (secondary N) is 1. The lowest BCUT2D eigenvalue weighted by Crippen LogP contribution is -2.54. The van der Waals surface area contributed by atoms with Crippen molar-refractivity contribution < 1.29 is 32.6 Å². The van der Waals surface area contributed by atoms with Gasteiger partial charge in [0.05, 0.1) is 38.6 Å². The maximum Gasteiger partial charge on any atom is 0.327 e. The van der Waals surface area contributed by atoms with Gasteiger partial charge in [0.25, 0.3) is 0 Å². The van der Waals surface area contributed by atoms with Gasteiger partial charge in [-0.2, -0.15) is 0 Å². The fourth-order valence-electron chi connectivity index (χ4n) is 5.51. The third kappa shape index (κ3) is 9.22. The fourth-order valence-corrected chi connectivity index (χ4v) is 7.25. The zero-order valence-corrected chi connectivity index (χ0v) is 28.7. The average Bonchev–Trinajstić information content (AvgIpc) is 3.47. The van der Waals surface area contributed by atoms with Gasteiger partial charge in [-0.1, -0.05) is 121 Å². The van der Waals surface area contributed by atoms with E-state index in [4.69, 9.17) is 39.6 Å². The van der Waals surface area contributed by atoms with Crippen molar-refractivity contribution in [2.75, 3.05) is 26.4 Å². The Labute approximate surface area is 282 Å². The highest BCUT2D eigenvalue weighted by Gasteiger charge is 2.41. The van der Waals surface area contributed by atoms with Crippen LogP contribution in [0.4, 0.5) is 0 Å². The predicted molar refractivity (Wildman–Crippen MR) is 185 cm³/mol. The average molecular weight is 676 g/mol. The van der Waals surface area contributed by atoms with Crippen LogP contribution in [-0.4, -0.2) is 50.3 Å². The van der Waals surface area contributed by atoms with Crippen molar-refractivity contribution in [3.8, 4) is 0 Å². The Morgan fingerprint density at radius 1 is 0.851 bits per heavy atom. The minimum absolute atomic E-state index is 0.106. The summed E-state index contributed by atoms with van der Waals surface area (Å²) in [7, 11) is 0. The Hall–Kier alpha value is -3.24. The number of ether oxygens (including phenoxy) is 3. The first-order valence-electron chi connectivity index (χ1n) is 15.7. The molecule has 3 atom stereocenters. The van der Waals surface area contributed by atoms with Crippen LogP contribution in [0.2, 0.25) is 0 Å². The second kappa shape index (κ2) is 16.2. The Bertz CT molecular complexity index is 1500. The molecule has 0 radical (unpaired) electrons. The van der Waals surface area contributed by atoms with Gasteiger partial charge in [0.1, 0.15) is 12.1 Å². The van der Waals surface area contributed by atoms with E-state index in [2.05, 4.69) is 5.32 Å².